The molecular weight excluding hydrogens is 410 g/mol. The van der Waals surface area contributed by atoms with Gasteiger partial charge in [0.15, 0.2) is 0 Å². The molecule has 1 N–H and O–H groups in total. The summed E-state index contributed by atoms with van der Waals surface area (Å²) in [5.74, 6) is 0.135. The number of aromatic nitrogens is 3. The normalized spacial score (nSPS) is 16.3. The van der Waals surface area contributed by atoms with Gasteiger partial charge >= 0.3 is 0 Å². The zero-order valence-corrected chi connectivity index (χ0v) is 17.1. The second-order valence-corrected chi connectivity index (χ2v) is 8.06. The summed E-state index contributed by atoms with van der Waals surface area (Å²) in [4.78, 5) is 14.4. The monoisotopic (exact) mass is 426 g/mol. The summed E-state index contributed by atoms with van der Waals surface area (Å²) < 4.78 is 14.1. The quantitative estimate of drug-likeness (QED) is 0.408. The Bertz CT molecular complexity index is 1220. The van der Waals surface area contributed by atoms with Gasteiger partial charge in [-0.05, 0) is 42.7 Å². The number of aromatic amines is 1. The minimum atomic E-state index is -0.431. The van der Waals surface area contributed by atoms with Gasteiger partial charge in [0.2, 0.25) is 5.95 Å². The highest BCUT2D eigenvalue weighted by Gasteiger charge is 2.33. The first-order valence-corrected chi connectivity index (χ1v) is 10.1. The minimum Gasteiger partial charge on any atom is -0.356 e. The molecule has 1 atom stereocenters. The lowest BCUT2D eigenvalue weighted by Crippen LogP contribution is -2.37. The average molecular weight is 427 g/mol. The summed E-state index contributed by atoms with van der Waals surface area (Å²) in [6.07, 6.45) is 2.42. The van der Waals surface area contributed by atoms with Gasteiger partial charge in [0.25, 0.3) is 0 Å². The number of hydrogen-bond acceptors (Lipinski definition) is 3. The molecule has 0 amide bonds. The van der Waals surface area contributed by atoms with Crippen molar-refractivity contribution in [3.8, 4) is 0 Å². The lowest BCUT2D eigenvalue weighted by atomic mass is 9.92. The van der Waals surface area contributed by atoms with E-state index in [2.05, 4.69) is 51.0 Å². The van der Waals surface area contributed by atoms with E-state index in [1.807, 2.05) is 0 Å². The first-order valence-electron chi connectivity index (χ1n) is 9.32. The van der Waals surface area contributed by atoms with Gasteiger partial charge in [0.1, 0.15) is 11.0 Å². The Labute approximate surface area is 177 Å². The number of nitrogens with one attached hydrogen (secondary N) is 1. The van der Waals surface area contributed by atoms with Gasteiger partial charge in [-0.15, -0.1) is 0 Å². The largest absolute Gasteiger partial charge is 0.356 e. The van der Waals surface area contributed by atoms with Gasteiger partial charge in [-0.2, -0.15) is 0 Å². The molecule has 0 saturated heterocycles. The number of H-pyrrole nitrogens is 1. The van der Waals surface area contributed by atoms with Crippen LogP contribution in [0, 0.1) is 12.7 Å². The Morgan fingerprint density at radius 1 is 1.14 bits per heavy atom. The molecule has 2 aromatic carbocycles. The van der Waals surface area contributed by atoms with Crippen molar-refractivity contribution in [2.75, 3.05) is 11.4 Å². The van der Waals surface area contributed by atoms with E-state index in [-0.39, 0.29) is 11.1 Å². The topological polar surface area (TPSA) is 44.8 Å². The summed E-state index contributed by atoms with van der Waals surface area (Å²) in [7, 11) is 0. The van der Waals surface area contributed by atoms with Crippen LogP contribution in [0.5, 0.6) is 0 Å². The van der Waals surface area contributed by atoms with Gasteiger partial charge < -0.3 is 9.88 Å². The van der Waals surface area contributed by atoms with Crippen LogP contribution >= 0.6 is 23.2 Å². The van der Waals surface area contributed by atoms with Crippen molar-refractivity contribution in [3.05, 3.63) is 87.0 Å². The Hall–Kier alpha value is -2.63. The maximum atomic E-state index is 14.1. The maximum absolute atomic E-state index is 14.1. The van der Waals surface area contributed by atoms with Crippen molar-refractivity contribution in [1.82, 2.24) is 15.0 Å². The summed E-state index contributed by atoms with van der Waals surface area (Å²) in [5, 5.41) is 1.48. The molecule has 7 heteroatoms. The molecule has 0 bridgehead atoms. The van der Waals surface area contributed by atoms with E-state index in [1.54, 1.807) is 18.3 Å². The van der Waals surface area contributed by atoms with E-state index in [0.717, 1.165) is 34.1 Å². The van der Waals surface area contributed by atoms with E-state index in [0.29, 0.717) is 17.6 Å². The van der Waals surface area contributed by atoms with Crippen LogP contribution in [0.4, 0.5) is 10.3 Å². The molecule has 146 valence electrons. The molecule has 1 aliphatic heterocycles. The molecule has 4 aromatic rings. The van der Waals surface area contributed by atoms with Crippen molar-refractivity contribution >= 4 is 40.1 Å². The standard InChI is InChI=1S/C22H17Cl2FN4/c1-12-2-4-13(5-3-12)21-20-14(15-10-16(23)17(25)11-18(15)27-20)7-9-29(21)22-26-8-6-19(24)28-22/h2-6,8,10-11,21,27H,7,9H2,1H3. The predicted molar refractivity (Wildman–Crippen MR) is 114 cm³/mol. The van der Waals surface area contributed by atoms with Crippen molar-refractivity contribution < 1.29 is 4.39 Å². The summed E-state index contributed by atoms with van der Waals surface area (Å²) in [6, 6.07) is 13.1. The van der Waals surface area contributed by atoms with Crippen molar-refractivity contribution in [3.63, 3.8) is 0 Å². The zero-order chi connectivity index (χ0) is 20.1. The third kappa shape index (κ3) is 3.15. The van der Waals surface area contributed by atoms with Crippen molar-refractivity contribution in [2.24, 2.45) is 0 Å². The van der Waals surface area contributed by atoms with E-state index >= 15 is 0 Å². The van der Waals surface area contributed by atoms with Crippen molar-refractivity contribution in [1.29, 1.82) is 0 Å². The van der Waals surface area contributed by atoms with Crippen LogP contribution in [0.15, 0.2) is 48.7 Å². The molecule has 3 heterocycles. The number of hydrogen-bond donors (Lipinski definition) is 1. The van der Waals surface area contributed by atoms with Crippen LogP contribution < -0.4 is 4.90 Å². The number of aryl methyl sites for hydroxylation is 1. The van der Waals surface area contributed by atoms with Crippen LogP contribution in [0.1, 0.15) is 28.4 Å². The predicted octanol–water partition coefficient (Wildman–Crippen LogP) is 5.86. The first kappa shape index (κ1) is 18.4. The van der Waals surface area contributed by atoms with Gasteiger partial charge in [-0.25, -0.2) is 14.4 Å². The molecule has 0 radical (unpaired) electrons. The molecule has 0 saturated carbocycles. The number of fused-ring (bicyclic) bond motifs is 3. The van der Waals surface area contributed by atoms with Crippen LogP contribution in [0.3, 0.4) is 0 Å². The third-order valence-corrected chi connectivity index (χ3v) is 5.93. The second-order valence-electron chi connectivity index (χ2n) is 7.27. The molecule has 1 unspecified atom stereocenters. The molecule has 0 fully saturated rings. The third-order valence-electron chi connectivity index (χ3n) is 5.43. The van der Waals surface area contributed by atoms with Crippen LogP contribution in [-0.4, -0.2) is 21.5 Å². The first-order chi connectivity index (χ1) is 14.0. The number of benzene rings is 2. The highest BCUT2D eigenvalue weighted by Crippen LogP contribution is 2.40. The fourth-order valence-corrected chi connectivity index (χ4v) is 4.36. The van der Waals surface area contributed by atoms with Gasteiger partial charge in [-0.3, -0.25) is 0 Å². The summed E-state index contributed by atoms with van der Waals surface area (Å²) >= 11 is 12.2. The molecule has 29 heavy (non-hydrogen) atoms. The summed E-state index contributed by atoms with van der Waals surface area (Å²) in [6.45, 7) is 2.76. The van der Waals surface area contributed by atoms with Crippen LogP contribution in [-0.2, 0) is 6.42 Å². The molecule has 1 aliphatic rings. The molecule has 2 aromatic heterocycles. The lowest BCUT2D eigenvalue weighted by Gasteiger charge is -2.36. The SMILES string of the molecule is Cc1ccc(C2c3[nH]c4cc(F)c(Cl)cc4c3CCN2c2nccc(Cl)n2)cc1. The Morgan fingerprint density at radius 3 is 2.69 bits per heavy atom. The van der Waals surface area contributed by atoms with Gasteiger partial charge in [0.05, 0.1) is 11.1 Å². The highest BCUT2D eigenvalue weighted by molar-refractivity contribution is 6.31. The van der Waals surface area contributed by atoms with Crippen LogP contribution in [0.2, 0.25) is 10.2 Å². The van der Waals surface area contributed by atoms with Crippen molar-refractivity contribution in [2.45, 2.75) is 19.4 Å². The summed E-state index contributed by atoms with van der Waals surface area (Å²) in [5.41, 5.74) is 5.16. The lowest BCUT2D eigenvalue weighted by molar-refractivity contribution is 0.626. The van der Waals surface area contributed by atoms with Gasteiger partial charge in [-0.1, -0.05) is 53.0 Å². The van der Waals surface area contributed by atoms with E-state index in [9.17, 15) is 4.39 Å². The fourth-order valence-electron chi connectivity index (χ4n) is 4.06. The Balaban J connectivity index is 1.73. The highest BCUT2D eigenvalue weighted by atomic mass is 35.5. The number of rotatable bonds is 2. The van der Waals surface area contributed by atoms with E-state index < -0.39 is 5.82 Å². The Morgan fingerprint density at radius 2 is 1.93 bits per heavy atom. The maximum Gasteiger partial charge on any atom is 0.227 e. The molecule has 0 aliphatic carbocycles. The second kappa shape index (κ2) is 7.01. The molecule has 5 rings (SSSR count). The molecular formula is C22H17Cl2FN4. The fraction of sp³-hybridized carbons (Fsp3) is 0.182. The number of nitrogens with zero attached hydrogens (tertiary/aromatic N) is 3. The molecule has 4 nitrogen and oxygen atoms in total. The number of anilines is 1. The van der Waals surface area contributed by atoms with Crippen LogP contribution in [0.25, 0.3) is 10.9 Å². The van der Waals surface area contributed by atoms with E-state index in [4.69, 9.17) is 23.2 Å². The minimum absolute atomic E-state index is 0.131. The molecule has 0 spiro atoms. The smallest absolute Gasteiger partial charge is 0.227 e. The average Bonchev–Trinajstić information content (AvgIpc) is 3.06. The zero-order valence-electron chi connectivity index (χ0n) is 15.6. The van der Waals surface area contributed by atoms with Gasteiger partial charge in [0, 0.05) is 29.3 Å². The Kier molecular flexibility index (Phi) is 4.45. The number of halogens is 3. The van der Waals surface area contributed by atoms with E-state index in [1.165, 1.54) is 11.6 Å².